The van der Waals surface area contributed by atoms with Crippen molar-refractivity contribution in [3.05, 3.63) is 64.7 Å². The van der Waals surface area contributed by atoms with Crippen LogP contribution in [0.15, 0.2) is 42.6 Å². The Morgan fingerprint density at radius 1 is 0.913 bits per heavy atom. The predicted molar refractivity (Wildman–Crippen MR) is 181 cm³/mol. The monoisotopic (exact) mass is 644 g/mol. The van der Waals surface area contributed by atoms with Gasteiger partial charge >= 0.3 is 12.2 Å². The number of nitrogens with zero attached hydrogens (tertiary/aromatic N) is 4. The van der Waals surface area contributed by atoms with E-state index in [-0.39, 0.29) is 24.3 Å². The fraction of sp³-hybridized carbons (Fsp3) is 0.486. The van der Waals surface area contributed by atoms with Crippen LogP contribution in [0.5, 0.6) is 0 Å². The minimum absolute atomic E-state index is 0.101. The lowest BCUT2D eigenvalue weighted by atomic mass is 10.1. The number of ether oxygens (including phenoxy) is 2. The average molecular weight is 645 g/mol. The topological polar surface area (TPSA) is 116 Å². The van der Waals surface area contributed by atoms with E-state index in [0.29, 0.717) is 13.1 Å². The summed E-state index contributed by atoms with van der Waals surface area (Å²) in [5.41, 5.74) is 2.73. The van der Waals surface area contributed by atoms with Gasteiger partial charge in [0.15, 0.2) is 0 Å². The van der Waals surface area contributed by atoms with E-state index in [1.54, 1.807) is 21.1 Å². The van der Waals surface area contributed by atoms with E-state index in [4.69, 9.17) is 19.4 Å². The molecule has 0 bridgehead atoms. The van der Waals surface area contributed by atoms with Crippen LogP contribution in [0.1, 0.15) is 101 Å². The summed E-state index contributed by atoms with van der Waals surface area (Å²) in [6.45, 7) is 12.7. The zero-order valence-corrected chi connectivity index (χ0v) is 28.4. The number of H-pyrrole nitrogens is 2. The average Bonchev–Trinajstić information content (AvgIpc) is 3.80. The van der Waals surface area contributed by atoms with Crippen molar-refractivity contribution in [3.63, 3.8) is 0 Å². The molecule has 11 heteroatoms. The Labute approximate surface area is 274 Å². The van der Waals surface area contributed by atoms with E-state index >= 15 is 0 Å². The van der Waals surface area contributed by atoms with Gasteiger partial charge in [-0.1, -0.05) is 18.2 Å². The second-order valence-corrected chi connectivity index (χ2v) is 15.3. The van der Waals surface area contributed by atoms with Crippen LogP contribution < -0.4 is 0 Å². The first kappa shape index (κ1) is 31.8. The summed E-state index contributed by atoms with van der Waals surface area (Å²) in [5, 5.41) is 0. The Morgan fingerprint density at radius 2 is 1.57 bits per heavy atom. The molecule has 2 aliphatic rings. The molecule has 2 amide bonds. The molecular formula is C35H44N6O4S. The van der Waals surface area contributed by atoms with Crippen molar-refractivity contribution in [2.45, 2.75) is 96.9 Å². The number of hydrogen-bond donors (Lipinski definition) is 2. The second kappa shape index (κ2) is 12.6. The summed E-state index contributed by atoms with van der Waals surface area (Å²) in [4.78, 5) is 47.9. The van der Waals surface area contributed by atoms with Gasteiger partial charge in [0, 0.05) is 30.6 Å². The maximum absolute atomic E-state index is 12.8. The van der Waals surface area contributed by atoms with Crippen molar-refractivity contribution in [2.75, 3.05) is 13.1 Å². The summed E-state index contributed by atoms with van der Waals surface area (Å²) >= 11 is 1.72. The van der Waals surface area contributed by atoms with Gasteiger partial charge in [-0.25, -0.2) is 19.6 Å². The maximum atomic E-state index is 12.8. The third-order valence-corrected chi connectivity index (χ3v) is 9.19. The van der Waals surface area contributed by atoms with Crippen LogP contribution >= 0.6 is 11.3 Å². The highest BCUT2D eigenvalue weighted by Gasteiger charge is 2.36. The Hall–Kier alpha value is -4.12. The molecule has 5 heterocycles. The number of thiophene rings is 1. The second-order valence-electron chi connectivity index (χ2n) is 14.1. The third kappa shape index (κ3) is 7.30. The number of benzene rings is 1. The van der Waals surface area contributed by atoms with Crippen molar-refractivity contribution >= 4 is 40.6 Å². The minimum atomic E-state index is -0.533. The highest BCUT2D eigenvalue weighted by molar-refractivity contribution is 7.15. The highest BCUT2D eigenvalue weighted by Crippen LogP contribution is 2.35. The molecule has 46 heavy (non-hydrogen) atoms. The number of likely N-dealkylation sites (tertiary alicyclic amines) is 2. The van der Waals surface area contributed by atoms with Crippen LogP contribution in [0, 0.1) is 0 Å². The molecule has 0 spiro atoms. The highest BCUT2D eigenvalue weighted by atomic mass is 32.1. The third-order valence-electron chi connectivity index (χ3n) is 8.06. The van der Waals surface area contributed by atoms with Crippen LogP contribution in [0.25, 0.3) is 27.7 Å². The molecule has 10 nitrogen and oxygen atoms in total. The number of hydrogen-bond acceptors (Lipinski definition) is 7. The van der Waals surface area contributed by atoms with Crippen LogP contribution in [-0.2, 0) is 15.9 Å². The zero-order valence-electron chi connectivity index (χ0n) is 27.6. The van der Waals surface area contributed by atoms with Gasteiger partial charge in [0.05, 0.1) is 33.7 Å². The number of nitrogens with one attached hydrogen (secondary N) is 2. The van der Waals surface area contributed by atoms with E-state index in [2.05, 4.69) is 46.4 Å². The Bertz CT molecular complexity index is 1740. The molecule has 2 N–H and O–H groups in total. The number of imidazole rings is 2. The normalized spacial score (nSPS) is 19.1. The van der Waals surface area contributed by atoms with E-state index in [9.17, 15) is 9.59 Å². The van der Waals surface area contributed by atoms with Crippen LogP contribution in [0.4, 0.5) is 9.59 Å². The van der Waals surface area contributed by atoms with Crippen molar-refractivity contribution in [2.24, 2.45) is 0 Å². The molecule has 0 radical (unpaired) electrons. The van der Waals surface area contributed by atoms with Gasteiger partial charge < -0.3 is 19.4 Å². The van der Waals surface area contributed by atoms with Gasteiger partial charge in [0.1, 0.15) is 22.9 Å². The number of carbonyl (C=O) groups is 2. The number of aromatic amines is 2. The first-order chi connectivity index (χ1) is 21.8. The molecule has 244 valence electrons. The van der Waals surface area contributed by atoms with E-state index < -0.39 is 11.2 Å². The molecule has 2 saturated heterocycles. The summed E-state index contributed by atoms with van der Waals surface area (Å²) in [5.74, 6) is 1.60. The van der Waals surface area contributed by atoms with Gasteiger partial charge in [0.2, 0.25) is 0 Å². The minimum Gasteiger partial charge on any atom is -0.444 e. The van der Waals surface area contributed by atoms with Crippen LogP contribution in [0.3, 0.4) is 0 Å². The van der Waals surface area contributed by atoms with Gasteiger partial charge in [-0.05, 0) is 97.1 Å². The first-order valence-corrected chi connectivity index (χ1v) is 16.9. The lowest BCUT2D eigenvalue weighted by Crippen LogP contribution is -2.36. The predicted octanol–water partition coefficient (Wildman–Crippen LogP) is 8.41. The SMILES string of the molecule is CC(C)(C)OC(=O)N1CCCC1c1nc(-c2ccc(C/C=C/c3ccc4[nH]c([C@@H]5CCCN5C(=O)OC(C)(C)C)nc4c3)s2)c[nH]1. The maximum Gasteiger partial charge on any atom is 0.410 e. The number of amides is 2. The molecular weight excluding hydrogens is 600 g/mol. The van der Waals surface area contributed by atoms with Crippen LogP contribution in [0.2, 0.25) is 0 Å². The molecule has 4 aromatic rings. The number of rotatable bonds is 6. The van der Waals surface area contributed by atoms with Crippen molar-refractivity contribution in [1.29, 1.82) is 0 Å². The van der Waals surface area contributed by atoms with Crippen molar-refractivity contribution in [3.8, 4) is 10.6 Å². The smallest absolute Gasteiger partial charge is 0.410 e. The largest absolute Gasteiger partial charge is 0.444 e. The molecule has 0 aliphatic carbocycles. The van der Waals surface area contributed by atoms with Crippen LogP contribution in [-0.4, -0.2) is 66.2 Å². The first-order valence-electron chi connectivity index (χ1n) is 16.1. The fourth-order valence-electron chi connectivity index (χ4n) is 6.05. The number of aromatic nitrogens is 4. The molecule has 2 aliphatic heterocycles. The standard InChI is InChI=1S/C35H44N6O4S/c1-34(2,3)44-32(42)40-18-8-12-27(40)30-36-21-26(39-30)29-17-15-23(46-29)11-7-10-22-14-16-24-25(20-22)38-31(37-24)28-13-9-19-41(28)33(43)45-35(4,5)6/h7,10,14-17,20-21,27-28H,8-9,11-13,18-19H2,1-6H3,(H,36,39)(H,37,38)/b10-7+/t27?,28-/m0/s1. The quantitative estimate of drug-likeness (QED) is 0.218. The molecule has 0 saturated carbocycles. The summed E-state index contributed by atoms with van der Waals surface area (Å²) in [6.07, 6.45) is 10.0. The molecule has 2 atom stereocenters. The number of allylic oxidation sites excluding steroid dienone is 1. The summed E-state index contributed by atoms with van der Waals surface area (Å²) in [7, 11) is 0. The molecule has 6 rings (SSSR count). The van der Waals surface area contributed by atoms with E-state index in [1.165, 1.54) is 4.88 Å². The fourth-order valence-corrected chi connectivity index (χ4v) is 7.00. The van der Waals surface area contributed by atoms with E-state index in [0.717, 1.165) is 70.9 Å². The lowest BCUT2D eigenvalue weighted by Gasteiger charge is -2.27. The zero-order chi connectivity index (χ0) is 32.6. The van der Waals surface area contributed by atoms with Crippen molar-refractivity contribution in [1.82, 2.24) is 29.7 Å². The van der Waals surface area contributed by atoms with Crippen molar-refractivity contribution < 1.29 is 19.1 Å². The Balaban J connectivity index is 1.08. The Morgan fingerprint density at radius 3 is 2.22 bits per heavy atom. The molecule has 3 aromatic heterocycles. The lowest BCUT2D eigenvalue weighted by molar-refractivity contribution is 0.0208. The summed E-state index contributed by atoms with van der Waals surface area (Å²) in [6, 6.07) is 10.2. The summed E-state index contributed by atoms with van der Waals surface area (Å²) < 4.78 is 11.3. The van der Waals surface area contributed by atoms with Gasteiger partial charge in [0.25, 0.3) is 0 Å². The van der Waals surface area contributed by atoms with Gasteiger partial charge in [-0.3, -0.25) is 9.80 Å². The number of fused-ring (bicyclic) bond motifs is 1. The van der Waals surface area contributed by atoms with E-state index in [1.807, 2.05) is 53.8 Å². The molecule has 2 fully saturated rings. The Kier molecular flexibility index (Phi) is 8.71. The molecule has 1 unspecified atom stereocenters. The number of carbonyl (C=O) groups excluding carboxylic acids is 2. The van der Waals surface area contributed by atoms with Gasteiger partial charge in [-0.2, -0.15) is 0 Å². The molecule has 1 aromatic carbocycles. The van der Waals surface area contributed by atoms with Gasteiger partial charge in [-0.15, -0.1) is 11.3 Å².